The van der Waals surface area contributed by atoms with Gasteiger partial charge in [0.1, 0.15) is 5.82 Å². The predicted molar refractivity (Wildman–Crippen MR) is 106 cm³/mol. The molecule has 2 aromatic rings. The molecule has 1 N–H and O–H groups in total. The minimum absolute atomic E-state index is 0.000842. The van der Waals surface area contributed by atoms with Crippen LogP contribution in [0.25, 0.3) is 0 Å². The Balaban J connectivity index is 1.52. The van der Waals surface area contributed by atoms with Crippen molar-refractivity contribution < 1.29 is 18.0 Å². The summed E-state index contributed by atoms with van der Waals surface area (Å²) in [5.74, 6) is 0.388. The number of fused-ring (bicyclic) bond motifs is 1. The topological polar surface area (TPSA) is 63.1 Å². The van der Waals surface area contributed by atoms with Crippen LogP contribution >= 0.6 is 0 Å². The van der Waals surface area contributed by atoms with Crippen LogP contribution in [0, 0.1) is 0 Å². The Morgan fingerprint density at radius 1 is 1.37 bits per heavy atom. The van der Waals surface area contributed by atoms with E-state index < -0.39 is 12.2 Å². The Hall–Kier alpha value is -2.58. The maximum atomic E-state index is 13.6. The molecule has 2 aromatic heterocycles. The van der Waals surface area contributed by atoms with Gasteiger partial charge < -0.3 is 10.2 Å². The van der Waals surface area contributed by atoms with E-state index in [1.807, 2.05) is 19.1 Å². The number of aryl methyl sites for hydroxylation is 1. The lowest BCUT2D eigenvalue weighted by Gasteiger charge is -2.32. The first-order chi connectivity index (χ1) is 14.4. The number of carbonyl (C=O) groups excluding carboxylic acids is 1. The number of nitrogens with zero attached hydrogens (tertiary/aromatic N) is 4. The molecular weight excluding hydrogens is 395 g/mol. The average Bonchev–Trinajstić information content (AvgIpc) is 3.37. The third kappa shape index (κ3) is 4.15. The Morgan fingerprint density at radius 2 is 2.20 bits per heavy atom. The lowest BCUT2D eigenvalue weighted by Crippen LogP contribution is -2.39. The second-order valence-electron chi connectivity index (χ2n) is 8.05. The van der Waals surface area contributed by atoms with Crippen LogP contribution in [0.5, 0.6) is 0 Å². The number of nitrogens with one attached hydrogen (secondary N) is 1. The summed E-state index contributed by atoms with van der Waals surface area (Å²) < 4.78 is 41.9. The number of alkyl halides is 3. The van der Waals surface area contributed by atoms with E-state index in [2.05, 4.69) is 15.4 Å². The van der Waals surface area contributed by atoms with E-state index in [1.54, 1.807) is 23.4 Å². The standard InChI is InChI=1S/C21H26F3N5O/c1-2-15-11-18(21(22,23)24)29-19(26-15)12-16(27-29)17-6-4-10-28(17)20(30)8-7-14-5-3-9-25-13-14/h3,5,9,12-13,15,17-18,26H,2,4,6-8,10-11H2,1H3/t15-,17?,18-/m1/s1. The number of likely N-dealkylation sites (tertiary alicyclic amines) is 1. The van der Waals surface area contributed by atoms with E-state index in [0.29, 0.717) is 43.7 Å². The third-order valence-corrected chi connectivity index (χ3v) is 6.05. The molecule has 9 heteroatoms. The highest BCUT2D eigenvalue weighted by Crippen LogP contribution is 2.42. The Kier molecular flexibility index (Phi) is 5.71. The summed E-state index contributed by atoms with van der Waals surface area (Å²) in [5.41, 5.74) is 1.53. The average molecular weight is 421 g/mol. The van der Waals surface area contributed by atoms with Gasteiger partial charge in [-0.05, 0) is 43.7 Å². The largest absolute Gasteiger partial charge is 0.410 e. The highest BCUT2D eigenvalue weighted by atomic mass is 19.4. The SMILES string of the molecule is CC[C@@H]1C[C@H](C(F)(F)F)n2nc(C3CCCN3C(=O)CCc3cccnc3)cc2N1. The van der Waals surface area contributed by atoms with Crippen molar-refractivity contribution in [3.05, 3.63) is 41.9 Å². The number of amides is 1. The van der Waals surface area contributed by atoms with E-state index in [1.165, 1.54) is 0 Å². The molecule has 1 saturated heterocycles. The van der Waals surface area contributed by atoms with E-state index in [0.717, 1.165) is 16.7 Å². The van der Waals surface area contributed by atoms with E-state index in [4.69, 9.17) is 0 Å². The molecule has 30 heavy (non-hydrogen) atoms. The zero-order chi connectivity index (χ0) is 21.3. The quantitative estimate of drug-likeness (QED) is 0.783. The van der Waals surface area contributed by atoms with Crippen LogP contribution < -0.4 is 5.32 Å². The molecule has 1 unspecified atom stereocenters. The van der Waals surface area contributed by atoms with Crippen molar-refractivity contribution in [2.24, 2.45) is 0 Å². The Bertz CT molecular complexity index is 883. The molecule has 162 valence electrons. The van der Waals surface area contributed by atoms with Gasteiger partial charge in [-0.1, -0.05) is 13.0 Å². The molecule has 1 fully saturated rings. The molecule has 0 radical (unpaired) electrons. The normalized spacial score (nSPS) is 23.9. The van der Waals surface area contributed by atoms with Crippen molar-refractivity contribution in [3.63, 3.8) is 0 Å². The molecule has 0 saturated carbocycles. The van der Waals surface area contributed by atoms with E-state index >= 15 is 0 Å². The summed E-state index contributed by atoms with van der Waals surface area (Å²) in [6.45, 7) is 2.48. The summed E-state index contributed by atoms with van der Waals surface area (Å²) >= 11 is 0. The Morgan fingerprint density at radius 3 is 2.90 bits per heavy atom. The van der Waals surface area contributed by atoms with Gasteiger partial charge in [0, 0.05) is 37.5 Å². The molecule has 3 atom stereocenters. The zero-order valence-electron chi connectivity index (χ0n) is 16.9. The lowest BCUT2D eigenvalue weighted by molar-refractivity contribution is -0.173. The van der Waals surface area contributed by atoms with E-state index in [9.17, 15) is 18.0 Å². The minimum Gasteiger partial charge on any atom is -0.367 e. The first kappa shape index (κ1) is 20.7. The summed E-state index contributed by atoms with van der Waals surface area (Å²) in [5, 5.41) is 7.50. The van der Waals surface area contributed by atoms with Crippen LogP contribution in [0.4, 0.5) is 19.0 Å². The first-order valence-corrected chi connectivity index (χ1v) is 10.5. The van der Waals surface area contributed by atoms with Crippen molar-refractivity contribution >= 4 is 11.7 Å². The number of pyridine rings is 1. The fourth-order valence-corrected chi connectivity index (χ4v) is 4.41. The Labute approximate surface area is 173 Å². The van der Waals surface area contributed by atoms with Crippen LogP contribution in [0.2, 0.25) is 0 Å². The van der Waals surface area contributed by atoms with Crippen molar-refractivity contribution in [1.82, 2.24) is 19.7 Å². The lowest BCUT2D eigenvalue weighted by atomic mass is 10.0. The van der Waals surface area contributed by atoms with Crippen LogP contribution in [0.3, 0.4) is 0 Å². The highest BCUT2D eigenvalue weighted by Gasteiger charge is 2.46. The molecule has 2 aliphatic heterocycles. The van der Waals surface area contributed by atoms with Gasteiger partial charge in [-0.15, -0.1) is 0 Å². The van der Waals surface area contributed by atoms with E-state index in [-0.39, 0.29) is 24.4 Å². The first-order valence-electron chi connectivity index (χ1n) is 10.5. The van der Waals surface area contributed by atoms with Gasteiger partial charge in [-0.25, -0.2) is 4.68 Å². The minimum atomic E-state index is -4.36. The van der Waals surface area contributed by atoms with Gasteiger partial charge in [0.05, 0.1) is 11.7 Å². The summed E-state index contributed by atoms with van der Waals surface area (Å²) in [6.07, 6.45) is 2.11. The summed E-state index contributed by atoms with van der Waals surface area (Å²) in [7, 11) is 0. The van der Waals surface area contributed by atoms with Gasteiger partial charge in [-0.3, -0.25) is 9.78 Å². The van der Waals surface area contributed by atoms with Crippen LogP contribution in [0.1, 0.15) is 62.4 Å². The molecular formula is C21H26F3N5O. The molecule has 0 spiro atoms. The maximum Gasteiger partial charge on any atom is 0.410 e. The number of hydrogen-bond donors (Lipinski definition) is 1. The number of anilines is 1. The summed E-state index contributed by atoms with van der Waals surface area (Å²) in [4.78, 5) is 18.7. The number of rotatable bonds is 5. The van der Waals surface area contributed by atoms with Crippen LogP contribution in [0.15, 0.2) is 30.6 Å². The molecule has 2 aliphatic rings. The summed E-state index contributed by atoms with van der Waals surface area (Å²) in [6, 6.07) is 3.30. The highest BCUT2D eigenvalue weighted by molar-refractivity contribution is 5.77. The molecule has 1 amide bonds. The molecule has 0 bridgehead atoms. The van der Waals surface area contributed by atoms with Crippen molar-refractivity contribution in [3.8, 4) is 0 Å². The van der Waals surface area contributed by atoms with Gasteiger partial charge >= 0.3 is 6.18 Å². The number of hydrogen-bond acceptors (Lipinski definition) is 4. The van der Waals surface area contributed by atoms with Gasteiger partial charge in [0.25, 0.3) is 0 Å². The fraction of sp³-hybridized carbons (Fsp3) is 0.571. The molecule has 0 aliphatic carbocycles. The van der Waals surface area contributed by atoms with Crippen LogP contribution in [-0.2, 0) is 11.2 Å². The molecule has 6 nitrogen and oxygen atoms in total. The smallest absolute Gasteiger partial charge is 0.367 e. The van der Waals surface area contributed by atoms with Gasteiger partial charge in [0.15, 0.2) is 6.04 Å². The third-order valence-electron chi connectivity index (χ3n) is 6.05. The van der Waals surface area contributed by atoms with Crippen molar-refractivity contribution in [2.75, 3.05) is 11.9 Å². The molecule has 0 aromatic carbocycles. The van der Waals surface area contributed by atoms with Crippen LogP contribution in [-0.4, -0.2) is 44.3 Å². The number of halogens is 3. The van der Waals surface area contributed by atoms with Crippen molar-refractivity contribution in [2.45, 2.75) is 69.8 Å². The monoisotopic (exact) mass is 421 g/mol. The van der Waals surface area contributed by atoms with Crippen molar-refractivity contribution in [1.29, 1.82) is 0 Å². The second kappa shape index (κ2) is 8.28. The molecule has 4 rings (SSSR count). The predicted octanol–water partition coefficient (Wildman–Crippen LogP) is 4.27. The van der Waals surface area contributed by atoms with Gasteiger partial charge in [-0.2, -0.15) is 18.3 Å². The number of carbonyl (C=O) groups is 1. The molecule has 4 heterocycles. The number of aromatic nitrogens is 3. The zero-order valence-corrected chi connectivity index (χ0v) is 16.9. The second-order valence-corrected chi connectivity index (χ2v) is 8.05. The van der Waals surface area contributed by atoms with Gasteiger partial charge in [0.2, 0.25) is 5.91 Å². The maximum absolute atomic E-state index is 13.6. The fourth-order valence-electron chi connectivity index (χ4n) is 4.41.